The Morgan fingerprint density at radius 3 is 2.30 bits per heavy atom. The van der Waals surface area contributed by atoms with E-state index in [-0.39, 0.29) is 17.7 Å². The smallest absolute Gasteiger partial charge is 0.236 e. The Morgan fingerprint density at radius 2 is 1.80 bits per heavy atom. The monoisotopic (exact) mass is 284 g/mol. The number of hydrogen-bond acceptors (Lipinski definition) is 4. The van der Waals surface area contributed by atoms with Crippen molar-refractivity contribution in [2.45, 2.75) is 13.8 Å². The zero-order valence-electron chi connectivity index (χ0n) is 13.2. The molecule has 6 heteroatoms. The number of carbonyl (C=O) groups is 2. The fourth-order valence-electron chi connectivity index (χ4n) is 2.22. The number of likely N-dealkylation sites (N-methyl/N-ethyl adjacent to an activating group) is 1. The van der Waals surface area contributed by atoms with Crippen LogP contribution in [-0.2, 0) is 9.59 Å². The van der Waals surface area contributed by atoms with Crippen LogP contribution < -0.4 is 5.32 Å². The lowest BCUT2D eigenvalue weighted by atomic mass is 10.1. The predicted octanol–water partition coefficient (Wildman–Crippen LogP) is -0.536. The Bertz CT molecular complexity index is 325. The third-order valence-electron chi connectivity index (χ3n) is 3.66. The van der Waals surface area contributed by atoms with Crippen molar-refractivity contribution in [3.05, 3.63) is 0 Å². The fourth-order valence-corrected chi connectivity index (χ4v) is 2.22. The molecule has 1 N–H and O–H groups in total. The Labute approximate surface area is 122 Å². The standard InChI is InChI=1S/C14H28N4O2/c1-5-15-10-12(2)14(20)18-8-6-17(7-9-18)11-13(19)16(3)4/h12,15H,5-11H2,1-4H3. The first-order valence-corrected chi connectivity index (χ1v) is 7.37. The summed E-state index contributed by atoms with van der Waals surface area (Å²) in [5, 5.41) is 3.21. The van der Waals surface area contributed by atoms with E-state index in [1.165, 1.54) is 0 Å². The van der Waals surface area contributed by atoms with Gasteiger partial charge < -0.3 is 15.1 Å². The first-order valence-electron chi connectivity index (χ1n) is 7.37. The second kappa shape index (κ2) is 8.21. The topological polar surface area (TPSA) is 55.9 Å². The van der Waals surface area contributed by atoms with E-state index in [0.717, 1.165) is 39.3 Å². The van der Waals surface area contributed by atoms with Gasteiger partial charge in [0.05, 0.1) is 6.54 Å². The van der Waals surface area contributed by atoms with Gasteiger partial charge in [0.2, 0.25) is 11.8 Å². The molecule has 1 aliphatic rings. The second-order valence-corrected chi connectivity index (χ2v) is 5.60. The number of amides is 2. The highest BCUT2D eigenvalue weighted by atomic mass is 16.2. The summed E-state index contributed by atoms with van der Waals surface area (Å²) >= 11 is 0. The molecule has 0 spiro atoms. The molecule has 1 aliphatic heterocycles. The molecule has 1 fully saturated rings. The third kappa shape index (κ3) is 5.09. The molecule has 1 atom stereocenters. The maximum Gasteiger partial charge on any atom is 0.236 e. The molecule has 2 amide bonds. The number of carbonyl (C=O) groups excluding carboxylic acids is 2. The van der Waals surface area contributed by atoms with Crippen LogP contribution in [0, 0.1) is 5.92 Å². The molecular formula is C14H28N4O2. The predicted molar refractivity (Wildman–Crippen MR) is 79.4 cm³/mol. The van der Waals surface area contributed by atoms with Gasteiger partial charge in [0, 0.05) is 52.7 Å². The van der Waals surface area contributed by atoms with Gasteiger partial charge in [-0.15, -0.1) is 0 Å². The van der Waals surface area contributed by atoms with Crippen molar-refractivity contribution in [2.24, 2.45) is 5.92 Å². The van der Waals surface area contributed by atoms with E-state index < -0.39 is 0 Å². The summed E-state index contributed by atoms with van der Waals surface area (Å²) in [6.45, 7) is 9.06. The van der Waals surface area contributed by atoms with E-state index >= 15 is 0 Å². The molecular weight excluding hydrogens is 256 g/mol. The summed E-state index contributed by atoms with van der Waals surface area (Å²) in [5.74, 6) is 0.347. The van der Waals surface area contributed by atoms with Gasteiger partial charge in [-0.1, -0.05) is 13.8 Å². The SMILES string of the molecule is CCNCC(C)C(=O)N1CCN(CC(=O)N(C)C)CC1. The maximum absolute atomic E-state index is 12.2. The molecule has 1 saturated heterocycles. The van der Waals surface area contributed by atoms with E-state index in [4.69, 9.17) is 0 Å². The summed E-state index contributed by atoms with van der Waals surface area (Å²) in [5.41, 5.74) is 0. The minimum absolute atomic E-state index is 0.0184. The van der Waals surface area contributed by atoms with Gasteiger partial charge in [0.1, 0.15) is 0 Å². The number of piperazine rings is 1. The highest BCUT2D eigenvalue weighted by Gasteiger charge is 2.25. The van der Waals surface area contributed by atoms with Crippen LogP contribution >= 0.6 is 0 Å². The van der Waals surface area contributed by atoms with Crippen LogP contribution in [0.5, 0.6) is 0 Å². The van der Waals surface area contributed by atoms with Crippen LogP contribution in [0.4, 0.5) is 0 Å². The van der Waals surface area contributed by atoms with Crippen LogP contribution in [0.3, 0.4) is 0 Å². The fraction of sp³-hybridized carbons (Fsp3) is 0.857. The molecule has 1 rings (SSSR count). The molecule has 6 nitrogen and oxygen atoms in total. The molecule has 1 unspecified atom stereocenters. The van der Waals surface area contributed by atoms with Crippen molar-refractivity contribution >= 4 is 11.8 Å². The van der Waals surface area contributed by atoms with Gasteiger partial charge in [0.15, 0.2) is 0 Å². The van der Waals surface area contributed by atoms with Crippen LogP contribution in [-0.4, -0.2) is 86.4 Å². The van der Waals surface area contributed by atoms with Gasteiger partial charge in [0.25, 0.3) is 0 Å². The molecule has 0 aromatic heterocycles. The number of rotatable bonds is 6. The highest BCUT2D eigenvalue weighted by Crippen LogP contribution is 2.07. The maximum atomic E-state index is 12.2. The summed E-state index contributed by atoms with van der Waals surface area (Å²) in [7, 11) is 3.54. The molecule has 0 aliphatic carbocycles. The highest BCUT2D eigenvalue weighted by molar-refractivity contribution is 5.79. The number of hydrogen-bond donors (Lipinski definition) is 1. The Balaban J connectivity index is 2.34. The lowest BCUT2D eigenvalue weighted by Crippen LogP contribution is -2.52. The lowest BCUT2D eigenvalue weighted by Gasteiger charge is -2.36. The van der Waals surface area contributed by atoms with Crippen LogP contribution in [0.2, 0.25) is 0 Å². The Hall–Kier alpha value is -1.14. The average molecular weight is 284 g/mol. The van der Waals surface area contributed by atoms with Crippen molar-refractivity contribution in [1.29, 1.82) is 0 Å². The number of nitrogens with one attached hydrogen (secondary N) is 1. The average Bonchev–Trinajstić information content (AvgIpc) is 2.44. The third-order valence-corrected chi connectivity index (χ3v) is 3.66. The van der Waals surface area contributed by atoms with Crippen molar-refractivity contribution in [2.75, 3.05) is 59.9 Å². The minimum atomic E-state index is 0.0184. The van der Waals surface area contributed by atoms with Crippen LogP contribution in [0.25, 0.3) is 0 Å². The van der Waals surface area contributed by atoms with Gasteiger partial charge in [-0.05, 0) is 6.54 Å². The van der Waals surface area contributed by atoms with E-state index in [9.17, 15) is 9.59 Å². The van der Waals surface area contributed by atoms with Crippen molar-refractivity contribution in [1.82, 2.24) is 20.0 Å². The van der Waals surface area contributed by atoms with E-state index in [0.29, 0.717) is 6.54 Å². The first-order chi connectivity index (χ1) is 9.45. The summed E-state index contributed by atoms with van der Waals surface area (Å²) < 4.78 is 0. The first kappa shape index (κ1) is 16.9. The molecule has 0 aromatic rings. The van der Waals surface area contributed by atoms with Gasteiger partial charge in [-0.25, -0.2) is 0 Å². The van der Waals surface area contributed by atoms with Crippen LogP contribution in [0.15, 0.2) is 0 Å². The quantitative estimate of drug-likeness (QED) is 0.712. The molecule has 0 radical (unpaired) electrons. The zero-order valence-corrected chi connectivity index (χ0v) is 13.2. The summed E-state index contributed by atoms with van der Waals surface area (Å²) in [4.78, 5) is 29.5. The van der Waals surface area contributed by atoms with Crippen LogP contribution in [0.1, 0.15) is 13.8 Å². The second-order valence-electron chi connectivity index (χ2n) is 5.60. The Kier molecular flexibility index (Phi) is 6.95. The molecule has 0 aromatic carbocycles. The largest absolute Gasteiger partial charge is 0.348 e. The van der Waals surface area contributed by atoms with Gasteiger partial charge in [-0.2, -0.15) is 0 Å². The molecule has 0 bridgehead atoms. The van der Waals surface area contributed by atoms with Gasteiger partial charge in [-0.3, -0.25) is 14.5 Å². The van der Waals surface area contributed by atoms with Crippen molar-refractivity contribution in [3.63, 3.8) is 0 Å². The van der Waals surface area contributed by atoms with E-state index in [2.05, 4.69) is 10.2 Å². The minimum Gasteiger partial charge on any atom is -0.348 e. The lowest BCUT2D eigenvalue weighted by molar-refractivity contribution is -0.137. The normalized spacial score (nSPS) is 17.9. The van der Waals surface area contributed by atoms with Gasteiger partial charge >= 0.3 is 0 Å². The summed E-state index contributed by atoms with van der Waals surface area (Å²) in [6.07, 6.45) is 0. The summed E-state index contributed by atoms with van der Waals surface area (Å²) in [6, 6.07) is 0. The van der Waals surface area contributed by atoms with Crippen molar-refractivity contribution in [3.8, 4) is 0 Å². The zero-order chi connectivity index (χ0) is 15.1. The van der Waals surface area contributed by atoms with Crippen molar-refractivity contribution < 1.29 is 9.59 Å². The Morgan fingerprint density at radius 1 is 1.20 bits per heavy atom. The van der Waals surface area contributed by atoms with E-state index in [1.807, 2.05) is 18.7 Å². The molecule has 1 heterocycles. The van der Waals surface area contributed by atoms with E-state index in [1.54, 1.807) is 19.0 Å². The number of nitrogens with zero attached hydrogens (tertiary/aromatic N) is 3. The molecule has 0 saturated carbocycles. The molecule has 116 valence electrons. The molecule has 20 heavy (non-hydrogen) atoms.